The summed E-state index contributed by atoms with van der Waals surface area (Å²) in [6.45, 7) is 3.91. The first kappa shape index (κ1) is 13.9. The molecular formula is C7H14ClO5P. The molecule has 0 unspecified atom stereocenters. The molecule has 0 radical (unpaired) electrons. The maximum absolute atomic E-state index is 11.7. The molecule has 0 atom stereocenters. The lowest BCUT2D eigenvalue weighted by atomic mass is 10.9. The van der Waals surface area contributed by atoms with Gasteiger partial charge in [-0.1, -0.05) is 0 Å². The minimum absolute atomic E-state index is 0.0210. The third-order valence-electron chi connectivity index (χ3n) is 1.23. The van der Waals surface area contributed by atoms with E-state index in [0.717, 1.165) is 0 Å². The largest absolute Gasteiger partial charge is 0.453 e. The summed E-state index contributed by atoms with van der Waals surface area (Å²) >= 11 is 4.93. The van der Waals surface area contributed by atoms with Gasteiger partial charge >= 0.3 is 13.0 Å². The van der Waals surface area contributed by atoms with Crippen molar-refractivity contribution >= 4 is 24.6 Å². The van der Waals surface area contributed by atoms with Crippen molar-refractivity contribution in [2.45, 2.75) is 13.8 Å². The number of rotatable bonds is 7. The van der Waals surface area contributed by atoms with Gasteiger partial charge in [0.1, 0.15) is 6.61 Å². The molecule has 0 aliphatic carbocycles. The molecule has 0 rings (SSSR count). The second-order valence-electron chi connectivity index (χ2n) is 2.26. The standard InChI is InChI=1S/C7H14ClO5P/c1-3-12-14(10,13-4-2)6-5-11-7(8)9/h3-6H2,1-2H3. The predicted molar refractivity (Wildman–Crippen MR) is 52.9 cm³/mol. The zero-order chi connectivity index (χ0) is 11.0. The van der Waals surface area contributed by atoms with Crippen LogP contribution in [0.15, 0.2) is 0 Å². The summed E-state index contributed by atoms with van der Waals surface area (Å²) in [5.41, 5.74) is -0.926. The number of hydrogen-bond donors (Lipinski definition) is 0. The SMILES string of the molecule is CCOP(=O)(CCOC(=O)Cl)OCC. The first-order valence-corrected chi connectivity index (χ1v) is 6.35. The highest BCUT2D eigenvalue weighted by Gasteiger charge is 2.23. The van der Waals surface area contributed by atoms with Gasteiger partial charge < -0.3 is 13.8 Å². The van der Waals surface area contributed by atoms with Crippen molar-refractivity contribution in [1.29, 1.82) is 0 Å². The molecule has 0 N–H and O–H groups in total. The Bertz CT molecular complexity index is 210. The Morgan fingerprint density at radius 3 is 2.14 bits per heavy atom. The zero-order valence-electron chi connectivity index (χ0n) is 8.19. The van der Waals surface area contributed by atoms with Crippen molar-refractivity contribution < 1.29 is 23.1 Å². The topological polar surface area (TPSA) is 61.8 Å². The van der Waals surface area contributed by atoms with E-state index in [-0.39, 0.29) is 26.0 Å². The lowest BCUT2D eigenvalue weighted by Gasteiger charge is -2.16. The van der Waals surface area contributed by atoms with E-state index in [1.165, 1.54) is 0 Å². The van der Waals surface area contributed by atoms with Crippen molar-refractivity contribution in [3.05, 3.63) is 0 Å². The van der Waals surface area contributed by atoms with Crippen LogP contribution in [-0.4, -0.2) is 31.4 Å². The molecule has 0 saturated heterocycles. The molecule has 84 valence electrons. The molecule has 0 aromatic rings. The van der Waals surface area contributed by atoms with Gasteiger partial charge in [0.15, 0.2) is 0 Å². The maximum Gasteiger partial charge on any atom is 0.403 e. The number of carbonyl (C=O) groups excluding carboxylic acids is 1. The molecule has 0 aromatic heterocycles. The summed E-state index contributed by atoms with van der Waals surface area (Å²) in [6.07, 6.45) is 0.0210. The van der Waals surface area contributed by atoms with Gasteiger partial charge in [-0.05, 0) is 13.8 Å². The molecule has 0 heterocycles. The maximum atomic E-state index is 11.7. The van der Waals surface area contributed by atoms with Gasteiger partial charge in [-0.25, -0.2) is 4.79 Å². The summed E-state index contributed by atoms with van der Waals surface area (Å²) in [7, 11) is -3.11. The summed E-state index contributed by atoms with van der Waals surface area (Å²) in [5, 5.41) is 0. The smallest absolute Gasteiger partial charge is 0.403 e. The van der Waals surface area contributed by atoms with Crippen molar-refractivity contribution in [3.63, 3.8) is 0 Å². The van der Waals surface area contributed by atoms with Gasteiger partial charge in [0.2, 0.25) is 0 Å². The third-order valence-corrected chi connectivity index (χ3v) is 3.37. The fraction of sp³-hybridized carbons (Fsp3) is 0.857. The van der Waals surface area contributed by atoms with Gasteiger partial charge in [0.25, 0.3) is 0 Å². The number of carbonyl (C=O) groups is 1. The van der Waals surface area contributed by atoms with Crippen LogP contribution in [0, 0.1) is 0 Å². The van der Waals surface area contributed by atoms with E-state index in [1.54, 1.807) is 13.8 Å². The van der Waals surface area contributed by atoms with Crippen molar-refractivity contribution in [2.24, 2.45) is 0 Å². The van der Waals surface area contributed by atoms with Crippen LogP contribution in [0.3, 0.4) is 0 Å². The molecular weight excluding hydrogens is 230 g/mol. The molecule has 5 nitrogen and oxygen atoms in total. The Labute approximate surface area is 88.2 Å². The van der Waals surface area contributed by atoms with Crippen molar-refractivity contribution in [1.82, 2.24) is 0 Å². The molecule has 0 aliphatic rings. The second-order valence-corrected chi connectivity index (χ2v) is 4.75. The quantitative estimate of drug-likeness (QED) is 0.509. The zero-order valence-corrected chi connectivity index (χ0v) is 9.85. The lowest BCUT2D eigenvalue weighted by Crippen LogP contribution is -2.07. The average molecular weight is 245 g/mol. The number of hydrogen-bond acceptors (Lipinski definition) is 5. The van der Waals surface area contributed by atoms with E-state index in [2.05, 4.69) is 4.74 Å². The van der Waals surface area contributed by atoms with Crippen molar-refractivity contribution in [2.75, 3.05) is 26.0 Å². The van der Waals surface area contributed by atoms with E-state index >= 15 is 0 Å². The monoisotopic (exact) mass is 244 g/mol. The molecule has 14 heavy (non-hydrogen) atoms. The van der Waals surface area contributed by atoms with E-state index in [0.29, 0.717) is 0 Å². The molecule has 0 bridgehead atoms. The van der Waals surface area contributed by atoms with Gasteiger partial charge in [0, 0.05) is 11.6 Å². The van der Waals surface area contributed by atoms with E-state index < -0.39 is 13.0 Å². The Balaban J connectivity index is 3.96. The molecule has 0 aromatic carbocycles. The molecule has 0 aliphatic heterocycles. The summed E-state index contributed by atoms with van der Waals surface area (Å²) in [4.78, 5) is 10.2. The predicted octanol–water partition coefficient (Wildman–Crippen LogP) is 2.63. The van der Waals surface area contributed by atoms with Crippen LogP contribution >= 0.6 is 19.2 Å². The minimum Gasteiger partial charge on any atom is -0.453 e. The Hall–Kier alpha value is -0.0900. The number of halogens is 1. The van der Waals surface area contributed by atoms with E-state index in [9.17, 15) is 9.36 Å². The van der Waals surface area contributed by atoms with Crippen molar-refractivity contribution in [3.8, 4) is 0 Å². The lowest BCUT2D eigenvalue weighted by molar-refractivity contribution is 0.173. The fourth-order valence-corrected chi connectivity index (χ4v) is 2.31. The van der Waals surface area contributed by atoms with Crippen LogP contribution in [0.1, 0.15) is 13.8 Å². The van der Waals surface area contributed by atoms with Gasteiger partial charge in [-0.15, -0.1) is 0 Å². The highest BCUT2D eigenvalue weighted by Crippen LogP contribution is 2.47. The summed E-state index contributed by atoms with van der Waals surface area (Å²) in [6, 6.07) is 0. The Morgan fingerprint density at radius 1 is 1.29 bits per heavy atom. The van der Waals surface area contributed by atoms with Gasteiger partial charge in [-0.3, -0.25) is 4.57 Å². The average Bonchev–Trinajstić information content (AvgIpc) is 2.03. The third kappa shape index (κ3) is 6.38. The Kier molecular flexibility index (Phi) is 7.19. The summed E-state index contributed by atoms with van der Waals surface area (Å²) < 4.78 is 26.0. The van der Waals surface area contributed by atoms with Crippen LogP contribution in [0.4, 0.5) is 4.79 Å². The first-order chi connectivity index (χ1) is 6.54. The van der Waals surface area contributed by atoms with E-state index in [4.69, 9.17) is 20.6 Å². The normalized spacial score (nSPS) is 11.4. The highest BCUT2D eigenvalue weighted by molar-refractivity contribution is 7.53. The molecule has 7 heteroatoms. The van der Waals surface area contributed by atoms with Crippen LogP contribution < -0.4 is 0 Å². The van der Waals surface area contributed by atoms with Crippen LogP contribution in [0.2, 0.25) is 0 Å². The van der Waals surface area contributed by atoms with Gasteiger partial charge in [-0.2, -0.15) is 0 Å². The molecule has 0 spiro atoms. The van der Waals surface area contributed by atoms with E-state index in [1.807, 2.05) is 0 Å². The fourth-order valence-electron chi connectivity index (χ4n) is 0.797. The molecule has 0 saturated carbocycles. The number of ether oxygens (including phenoxy) is 1. The second kappa shape index (κ2) is 7.23. The molecule has 0 fully saturated rings. The minimum atomic E-state index is -3.11. The summed E-state index contributed by atoms with van der Waals surface area (Å²) in [5.74, 6) is 0. The highest BCUT2D eigenvalue weighted by atomic mass is 35.5. The Morgan fingerprint density at radius 2 is 1.79 bits per heavy atom. The first-order valence-electron chi connectivity index (χ1n) is 4.24. The van der Waals surface area contributed by atoms with Crippen LogP contribution in [0.5, 0.6) is 0 Å². The van der Waals surface area contributed by atoms with Crippen LogP contribution in [0.25, 0.3) is 0 Å². The molecule has 0 amide bonds. The van der Waals surface area contributed by atoms with Gasteiger partial charge in [0.05, 0.1) is 19.4 Å². The van der Waals surface area contributed by atoms with Crippen LogP contribution in [-0.2, 0) is 18.3 Å².